The van der Waals surface area contributed by atoms with Gasteiger partial charge in [-0.3, -0.25) is 0 Å². The van der Waals surface area contributed by atoms with E-state index >= 15 is 0 Å². The molecule has 7 heteroatoms. The average Bonchev–Trinajstić information content (AvgIpc) is 3.09. The molecule has 2 aromatic rings. The van der Waals surface area contributed by atoms with Gasteiger partial charge in [-0.2, -0.15) is 0 Å². The average molecular weight is 365 g/mol. The van der Waals surface area contributed by atoms with Gasteiger partial charge in [0.25, 0.3) is 0 Å². The SMILES string of the molecule is O=C(Nc1ccc(Cl)cc1)N1CCC(S(=O)(=O)c2ccccc2)C1. The Morgan fingerprint density at radius 2 is 1.75 bits per heavy atom. The third-order valence-electron chi connectivity index (χ3n) is 4.04. The fourth-order valence-electron chi connectivity index (χ4n) is 2.70. The summed E-state index contributed by atoms with van der Waals surface area (Å²) in [6.07, 6.45) is 0.436. The van der Waals surface area contributed by atoms with E-state index in [4.69, 9.17) is 11.6 Å². The Morgan fingerprint density at radius 3 is 2.42 bits per heavy atom. The molecule has 0 radical (unpaired) electrons. The van der Waals surface area contributed by atoms with Crippen molar-refractivity contribution in [3.05, 3.63) is 59.6 Å². The molecular weight excluding hydrogens is 348 g/mol. The lowest BCUT2D eigenvalue weighted by Gasteiger charge is -2.17. The van der Waals surface area contributed by atoms with E-state index in [1.807, 2.05) is 0 Å². The van der Waals surface area contributed by atoms with Crippen molar-refractivity contribution < 1.29 is 13.2 Å². The predicted octanol–water partition coefficient (Wildman–Crippen LogP) is 3.42. The number of nitrogens with one attached hydrogen (secondary N) is 1. The molecule has 5 nitrogen and oxygen atoms in total. The maximum absolute atomic E-state index is 12.6. The van der Waals surface area contributed by atoms with Crippen LogP contribution in [0.2, 0.25) is 5.02 Å². The zero-order valence-corrected chi connectivity index (χ0v) is 14.4. The van der Waals surface area contributed by atoms with Crippen LogP contribution in [0.25, 0.3) is 0 Å². The van der Waals surface area contributed by atoms with Gasteiger partial charge in [0.1, 0.15) is 0 Å². The van der Waals surface area contributed by atoms with Crippen molar-refractivity contribution >= 4 is 33.2 Å². The summed E-state index contributed by atoms with van der Waals surface area (Å²) in [7, 11) is -3.42. The number of anilines is 1. The summed E-state index contributed by atoms with van der Waals surface area (Å²) in [6.45, 7) is 0.604. The summed E-state index contributed by atoms with van der Waals surface area (Å²) in [5.74, 6) is 0. The van der Waals surface area contributed by atoms with Crippen LogP contribution in [-0.4, -0.2) is 37.7 Å². The zero-order valence-electron chi connectivity index (χ0n) is 12.9. The molecule has 1 aliphatic rings. The minimum Gasteiger partial charge on any atom is -0.323 e. The van der Waals surface area contributed by atoms with Crippen LogP contribution in [-0.2, 0) is 9.84 Å². The number of hydrogen-bond donors (Lipinski definition) is 1. The Labute approximate surface area is 146 Å². The van der Waals surface area contributed by atoms with E-state index in [2.05, 4.69) is 5.32 Å². The summed E-state index contributed by atoms with van der Waals surface area (Å²) in [5, 5.41) is 2.77. The van der Waals surface area contributed by atoms with E-state index in [0.717, 1.165) is 0 Å². The van der Waals surface area contributed by atoms with Crippen LogP contribution < -0.4 is 5.32 Å². The molecule has 0 aromatic heterocycles. The van der Waals surface area contributed by atoms with Gasteiger partial charge in [-0.15, -0.1) is 0 Å². The largest absolute Gasteiger partial charge is 0.323 e. The lowest BCUT2D eigenvalue weighted by atomic mass is 10.3. The standard InChI is InChI=1S/C17H17ClN2O3S/c18-13-6-8-14(9-7-13)19-17(21)20-11-10-16(12-20)24(22,23)15-4-2-1-3-5-15/h1-9,16H,10-12H2,(H,19,21). The second-order valence-electron chi connectivity index (χ2n) is 5.65. The van der Waals surface area contributed by atoms with Gasteiger partial charge in [-0.1, -0.05) is 29.8 Å². The summed E-state index contributed by atoms with van der Waals surface area (Å²) >= 11 is 5.81. The normalized spacial score (nSPS) is 17.7. The lowest BCUT2D eigenvalue weighted by molar-refractivity contribution is 0.222. The maximum Gasteiger partial charge on any atom is 0.321 e. The Kier molecular flexibility index (Phi) is 4.78. The third-order valence-corrected chi connectivity index (χ3v) is 6.48. The predicted molar refractivity (Wildman–Crippen MR) is 94.1 cm³/mol. The van der Waals surface area contributed by atoms with Crippen molar-refractivity contribution in [1.82, 2.24) is 4.90 Å². The van der Waals surface area contributed by atoms with Crippen LogP contribution in [0.3, 0.4) is 0 Å². The third kappa shape index (κ3) is 3.55. The monoisotopic (exact) mass is 364 g/mol. The fraction of sp³-hybridized carbons (Fsp3) is 0.235. The van der Waals surface area contributed by atoms with E-state index < -0.39 is 15.1 Å². The number of sulfone groups is 1. The van der Waals surface area contributed by atoms with Crippen molar-refractivity contribution in [3.63, 3.8) is 0 Å². The van der Waals surface area contributed by atoms with Gasteiger partial charge in [0.15, 0.2) is 9.84 Å². The Hall–Kier alpha value is -2.05. The fourth-order valence-corrected chi connectivity index (χ4v) is 4.54. The molecule has 1 saturated heterocycles. The first-order valence-corrected chi connectivity index (χ1v) is 9.50. The number of carbonyl (C=O) groups excluding carboxylic acids is 1. The number of likely N-dealkylation sites (tertiary alicyclic amines) is 1. The van der Waals surface area contributed by atoms with E-state index in [9.17, 15) is 13.2 Å². The van der Waals surface area contributed by atoms with Gasteiger partial charge < -0.3 is 10.2 Å². The van der Waals surface area contributed by atoms with E-state index in [-0.39, 0.29) is 12.6 Å². The van der Waals surface area contributed by atoms with Crippen molar-refractivity contribution in [2.24, 2.45) is 0 Å². The summed E-state index contributed by atoms with van der Waals surface area (Å²) < 4.78 is 25.3. The van der Waals surface area contributed by atoms with Gasteiger partial charge in [0.2, 0.25) is 0 Å². The van der Waals surface area contributed by atoms with Gasteiger partial charge >= 0.3 is 6.03 Å². The number of rotatable bonds is 3. The van der Waals surface area contributed by atoms with Crippen molar-refractivity contribution in [2.75, 3.05) is 18.4 Å². The van der Waals surface area contributed by atoms with Crippen LogP contribution in [0.4, 0.5) is 10.5 Å². The molecule has 2 amide bonds. The Bertz CT molecular complexity index is 823. The van der Waals surface area contributed by atoms with Gasteiger partial charge in [0, 0.05) is 23.8 Å². The highest BCUT2D eigenvalue weighted by Gasteiger charge is 2.36. The molecule has 0 aliphatic carbocycles. The Balaban J connectivity index is 1.66. The minimum atomic E-state index is -3.42. The number of amides is 2. The molecule has 3 rings (SSSR count). The van der Waals surface area contributed by atoms with Crippen LogP contribution in [0.15, 0.2) is 59.5 Å². The molecule has 1 unspecified atom stereocenters. The second kappa shape index (κ2) is 6.83. The van der Waals surface area contributed by atoms with Crippen molar-refractivity contribution in [1.29, 1.82) is 0 Å². The van der Waals surface area contributed by atoms with Crippen LogP contribution in [0.1, 0.15) is 6.42 Å². The molecular formula is C17H17ClN2O3S. The van der Waals surface area contributed by atoms with E-state index in [0.29, 0.717) is 28.6 Å². The highest BCUT2D eigenvalue weighted by Crippen LogP contribution is 2.24. The van der Waals surface area contributed by atoms with Crippen LogP contribution in [0.5, 0.6) is 0 Å². The van der Waals surface area contributed by atoms with E-state index in [1.165, 1.54) is 4.90 Å². The first kappa shape index (κ1) is 16.8. The zero-order chi connectivity index (χ0) is 17.2. The highest BCUT2D eigenvalue weighted by molar-refractivity contribution is 7.92. The molecule has 1 heterocycles. The van der Waals surface area contributed by atoms with Crippen molar-refractivity contribution in [3.8, 4) is 0 Å². The molecule has 2 aromatic carbocycles. The molecule has 24 heavy (non-hydrogen) atoms. The molecule has 1 aliphatic heterocycles. The number of urea groups is 1. The topological polar surface area (TPSA) is 66.5 Å². The summed E-state index contributed by atoms with van der Waals surface area (Å²) in [5.41, 5.74) is 0.624. The quantitative estimate of drug-likeness (QED) is 0.907. The summed E-state index contributed by atoms with van der Waals surface area (Å²) in [4.78, 5) is 14.1. The number of carbonyl (C=O) groups is 1. The van der Waals surface area contributed by atoms with Gasteiger partial charge in [0.05, 0.1) is 10.1 Å². The number of nitrogens with zero attached hydrogens (tertiary/aromatic N) is 1. The molecule has 1 N–H and O–H groups in total. The van der Waals surface area contributed by atoms with Gasteiger partial charge in [-0.05, 0) is 42.8 Å². The number of benzene rings is 2. The molecule has 126 valence electrons. The van der Waals surface area contributed by atoms with Crippen LogP contribution >= 0.6 is 11.6 Å². The maximum atomic E-state index is 12.6. The van der Waals surface area contributed by atoms with Crippen LogP contribution in [0, 0.1) is 0 Å². The molecule has 0 bridgehead atoms. The molecule has 1 atom stereocenters. The lowest BCUT2D eigenvalue weighted by Crippen LogP contribution is -2.35. The second-order valence-corrected chi connectivity index (χ2v) is 8.32. The Morgan fingerprint density at radius 1 is 1.08 bits per heavy atom. The number of halogens is 1. The first-order valence-electron chi connectivity index (χ1n) is 7.57. The summed E-state index contributed by atoms with van der Waals surface area (Å²) in [6, 6.07) is 14.8. The molecule has 0 saturated carbocycles. The molecule has 1 fully saturated rings. The smallest absolute Gasteiger partial charge is 0.321 e. The van der Waals surface area contributed by atoms with Crippen molar-refractivity contribution in [2.45, 2.75) is 16.6 Å². The van der Waals surface area contributed by atoms with Gasteiger partial charge in [-0.25, -0.2) is 13.2 Å². The minimum absolute atomic E-state index is 0.191. The van der Waals surface area contributed by atoms with E-state index in [1.54, 1.807) is 54.6 Å². The molecule has 0 spiro atoms. The highest BCUT2D eigenvalue weighted by atomic mass is 35.5. The number of hydrogen-bond acceptors (Lipinski definition) is 3. The first-order chi connectivity index (χ1) is 11.5.